The van der Waals surface area contributed by atoms with Crippen molar-refractivity contribution in [2.24, 2.45) is 0 Å². The first-order valence-electron chi connectivity index (χ1n) is 5.28. The largest absolute Gasteiger partial charge is 0.295 e. The van der Waals surface area contributed by atoms with Gasteiger partial charge in [-0.05, 0) is 31.2 Å². The molecule has 2 aromatic rings. The minimum Gasteiger partial charge on any atom is -0.295 e. The molecule has 0 aliphatic heterocycles. The van der Waals surface area contributed by atoms with Crippen LogP contribution in [0.1, 0.15) is 17.3 Å². The van der Waals surface area contributed by atoms with E-state index < -0.39 is 9.84 Å². The molecule has 0 N–H and O–H groups in total. The summed E-state index contributed by atoms with van der Waals surface area (Å²) >= 11 is 0. The van der Waals surface area contributed by atoms with Crippen molar-refractivity contribution in [1.82, 2.24) is 4.98 Å². The number of sulfone groups is 1. The molecule has 1 aromatic heterocycles. The van der Waals surface area contributed by atoms with Crippen LogP contribution in [0.4, 0.5) is 0 Å². The Labute approximate surface area is 105 Å². The van der Waals surface area contributed by atoms with Crippen molar-refractivity contribution in [3.8, 4) is 0 Å². The molecule has 92 valence electrons. The summed E-state index contributed by atoms with van der Waals surface area (Å²) in [7, 11) is -3.53. The summed E-state index contributed by atoms with van der Waals surface area (Å²) in [5.41, 5.74) is 0.490. The van der Waals surface area contributed by atoms with Gasteiger partial charge in [-0.1, -0.05) is 12.1 Å². The molecule has 1 aromatic carbocycles. The molecule has 0 aliphatic rings. The number of ketones is 1. The van der Waals surface area contributed by atoms with Crippen molar-refractivity contribution >= 4 is 15.6 Å². The molecule has 0 atom stereocenters. The summed E-state index contributed by atoms with van der Waals surface area (Å²) < 4.78 is 24.4. The van der Waals surface area contributed by atoms with Crippen LogP contribution in [0.3, 0.4) is 0 Å². The van der Waals surface area contributed by atoms with Crippen molar-refractivity contribution in [2.45, 2.75) is 16.7 Å². The zero-order chi connectivity index (χ0) is 13.2. The highest BCUT2D eigenvalue weighted by Gasteiger charge is 2.17. The summed E-state index contributed by atoms with van der Waals surface area (Å²) in [6.45, 7) is 1.44. The molecular formula is C13H11NO3S. The van der Waals surface area contributed by atoms with Gasteiger partial charge in [0.05, 0.1) is 9.79 Å². The molecular weight excluding hydrogens is 250 g/mol. The zero-order valence-electron chi connectivity index (χ0n) is 9.70. The lowest BCUT2D eigenvalue weighted by molar-refractivity contribution is 0.101. The van der Waals surface area contributed by atoms with Crippen molar-refractivity contribution in [3.63, 3.8) is 0 Å². The normalized spacial score (nSPS) is 11.2. The first-order valence-corrected chi connectivity index (χ1v) is 6.76. The van der Waals surface area contributed by atoms with Gasteiger partial charge in [0, 0.05) is 18.0 Å². The lowest BCUT2D eigenvalue weighted by Crippen LogP contribution is -2.02. The standard InChI is InChI=1S/C13H11NO3S/c1-10(15)11-2-4-12(5-3-11)18(16,17)13-6-8-14-9-7-13/h2-9H,1H3. The number of Topliss-reactive ketones (excluding diaryl/α,β-unsaturated/α-hetero) is 1. The van der Waals surface area contributed by atoms with Gasteiger partial charge in [0.15, 0.2) is 5.78 Å². The monoisotopic (exact) mass is 261 g/mol. The molecule has 0 radical (unpaired) electrons. The highest BCUT2D eigenvalue weighted by Crippen LogP contribution is 2.20. The molecule has 0 unspecified atom stereocenters. The maximum absolute atomic E-state index is 12.2. The number of benzene rings is 1. The Hall–Kier alpha value is -2.01. The van der Waals surface area contributed by atoms with Crippen LogP contribution < -0.4 is 0 Å². The van der Waals surface area contributed by atoms with Gasteiger partial charge in [-0.3, -0.25) is 9.78 Å². The van der Waals surface area contributed by atoms with Crippen LogP contribution in [-0.4, -0.2) is 19.2 Å². The second kappa shape index (κ2) is 4.70. The average molecular weight is 261 g/mol. The van der Waals surface area contributed by atoms with Crippen molar-refractivity contribution in [1.29, 1.82) is 0 Å². The first-order chi connectivity index (χ1) is 8.51. The van der Waals surface area contributed by atoms with E-state index in [1.165, 1.54) is 55.7 Å². The van der Waals surface area contributed by atoms with E-state index in [1.807, 2.05) is 0 Å². The number of aromatic nitrogens is 1. The van der Waals surface area contributed by atoms with Gasteiger partial charge in [0.25, 0.3) is 0 Å². The number of nitrogens with zero attached hydrogens (tertiary/aromatic N) is 1. The molecule has 0 saturated carbocycles. The van der Waals surface area contributed by atoms with Crippen molar-refractivity contribution < 1.29 is 13.2 Å². The zero-order valence-corrected chi connectivity index (χ0v) is 10.5. The predicted molar refractivity (Wildman–Crippen MR) is 66.1 cm³/mol. The van der Waals surface area contributed by atoms with Crippen LogP contribution in [-0.2, 0) is 9.84 Å². The minimum atomic E-state index is -3.53. The molecule has 0 spiro atoms. The Morgan fingerprint density at radius 1 is 0.944 bits per heavy atom. The highest BCUT2D eigenvalue weighted by molar-refractivity contribution is 7.91. The summed E-state index contributed by atoms with van der Waals surface area (Å²) in [4.78, 5) is 15.3. The Morgan fingerprint density at radius 2 is 1.44 bits per heavy atom. The van der Waals surface area contributed by atoms with E-state index in [-0.39, 0.29) is 15.6 Å². The molecule has 0 saturated heterocycles. The highest BCUT2D eigenvalue weighted by atomic mass is 32.2. The minimum absolute atomic E-state index is 0.0946. The fourth-order valence-corrected chi connectivity index (χ4v) is 2.77. The molecule has 0 fully saturated rings. The molecule has 2 rings (SSSR count). The van der Waals surface area contributed by atoms with Crippen molar-refractivity contribution in [3.05, 3.63) is 54.4 Å². The predicted octanol–water partition coefficient (Wildman–Crippen LogP) is 2.12. The average Bonchev–Trinajstić information content (AvgIpc) is 2.40. The van der Waals surface area contributed by atoms with Crippen LogP contribution in [0.15, 0.2) is 58.6 Å². The number of hydrogen-bond acceptors (Lipinski definition) is 4. The maximum atomic E-state index is 12.2. The van der Waals surface area contributed by atoms with E-state index >= 15 is 0 Å². The Kier molecular flexibility index (Phi) is 3.25. The molecule has 5 heteroatoms. The Balaban J connectivity index is 2.46. The van der Waals surface area contributed by atoms with E-state index in [9.17, 15) is 13.2 Å². The van der Waals surface area contributed by atoms with Crippen LogP contribution in [0.2, 0.25) is 0 Å². The maximum Gasteiger partial charge on any atom is 0.206 e. The fourth-order valence-electron chi connectivity index (χ4n) is 1.52. The third-order valence-corrected chi connectivity index (χ3v) is 4.32. The third-order valence-electron chi connectivity index (χ3n) is 2.53. The van der Waals surface area contributed by atoms with Crippen LogP contribution >= 0.6 is 0 Å². The smallest absolute Gasteiger partial charge is 0.206 e. The molecule has 1 heterocycles. The second-order valence-corrected chi connectivity index (χ2v) is 5.72. The molecule has 4 nitrogen and oxygen atoms in total. The van der Waals surface area contributed by atoms with Gasteiger partial charge in [-0.25, -0.2) is 8.42 Å². The van der Waals surface area contributed by atoms with Gasteiger partial charge in [0.2, 0.25) is 9.84 Å². The molecule has 18 heavy (non-hydrogen) atoms. The quantitative estimate of drug-likeness (QED) is 0.794. The third kappa shape index (κ3) is 2.31. The Morgan fingerprint density at radius 3 is 1.94 bits per heavy atom. The summed E-state index contributed by atoms with van der Waals surface area (Å²) in [6, 6.07) is 8.77. The summed E-state index contributed by atoms with van der Waals surface area (Å²) in [6.07, 6.45) is 2.85. The lowest BCUT2D eigenvalue weighted by atomic mass is 10.2. The first kappa shape index (κ1) is 12.4. The summed E-state index contributed by atoms with van der Waals surface area (Å²) in [5, 5.41) is 0. The van der Waals surface area contributed by atoms with Crippen LogP contribution in [0.5, 0.6) is 0 Å². The topological polar surface area (TPSA) is 64.1 Å². The summed E-state index contributed by atoms with van der Waals surface area (Å²) in [5.74, 6) is -0.0946. The van der Waals surface area contributed by atoms with Crippen LogP contribution in [0.25, 0.3) is 0 Å². The van der Waals surface area contributed by atoms with Gasteiger partial charge in [-0.15, -0.1) is 0 Å². The van der Waals surface area contributed by atoms with Crippen molar-refractivity contribution in [2.75, 3.05) is 0 Å². The molecule has 0 bridgehead atoms. The number of carbonyl (C=O) groups is 1. The van der Waals surface area contributed by atoms with E-state index in [0.29, 0.717) is 5.56 Å². The van der Waals surface area contributed by atoms with Crippen LogP contribution in [0, 0.1) is 0 Å². The number of pyridine rings is 1. The van der Waals surface area contributed by atoms with Gasteiger partial charge in [0.1, 0.15) is 0 Å². The molecule has 0 amide bonds. The van der Waals surface area contributed by atoms with E-state index in [1.54, 1.807) is 0 Å². The SMILES string of the molecule is CC(=O)c1ccc(S(=O)(=O)c2ccncc2)cc1. The van der Waals surface area contributed by atoms with E-state index in [4.69, 9.17) is 0 Å². The van der Waals surface area contributed by atoms with Gasteiger partial charge < -0.3 is 0 Å². The number of carbonyl (C=O) groups excluding carboxylic acids is 1. The van der Waals surface area contributed by atoms with Gasteiger partial charge in [-0.2, -0.15) is 0 Å². The van der Waals surface area contributed by atoms with Gasteiger partial charge >= 0.3 is 0 Å². The second-order valence-electron chi connectivity index (χ2n) is 3.77. The molecule has 0 aliphatic carbocycles. The number of rotatable bonds is 3. The fraction of sp³-hybridized carbons (Fsp3) is 0.0769. The Bertz CT molecular complexity index is 661. The lowest BCUT2D eigenvalue weighted by Gasteiger charge is -2.04. The van der Waals surface area contributed by atoms with E-state index in [0.717, 1.165) is 0 Å². The number of hydrogen-bond donors (Lipinski definition) is 0. The van der Waals surface area contributed by atoms with E-state index in [2.05, 4.69) is 4.98 Å².